The van der Waals surface area contributed by atoms with Crippen LogP contribution < -0.4 is 0 Å². The fourth-order valence-electron chi connectivity index (χ4n) is 1.18. The summed E-state index contributed by atoms with van der Waals surface area (Å²) in [6, 6.07) is 0. The van der Waals surface area contributed by atoms with Crippen molar-refractivity contribution in [3.8, 4) is 0 Å². The SMILES string of the molecule is CCOCC.CCOCC.CCOCCCCCOC. The van der Waals surface area contributed by atoms with Crippen molar-refractivity contribution in [2.45, 2.75) is 53.9 Å². The van der Waals surface area contributed by atoms with E-state index in [4.69, 9.17) is 18.9 Å². The van der Waals surface area contributed by atoms with E-state index in [1.807, 2.05) is 34.6 Å². The van der Waals surface area contributed by atoms with Gasteiger partial charge in [-0.15, -0.1) is 0 Å². The number of unbranched alkanes of at least 4 members (excludes halogenated alkanes) is 2. The van der Waals surface area contributed by atoms with E-state index in [2.05, 4.69) is 0 Å². The highest BCUT2D eigenvalue weighted by Gasteiger charge is 1.87. The van der Waals surface area contributed by atoms with Crippen LogP contribution in [0.2, 0.25) is 0 Å². The lowest BCUT2D eigenvalue weighted by Crippen LogP contribution is -1.94. The minimum Gasteiger partial charge on any atom is -0.385 e. The molecule has 126 valence electrons. The van der Waals surface area contributed by atoms with Crippen LogP contribution in [0.25, 0.3) is 0 Å². The molecular formula is C16H38O4. The van der Waals surface area contributed by atoms with Gasteiger partial charge in [0, 0.05) is 53.4 Å². The van der Waals surface area contributed by atoms with Gasteiger partial charge in [0.2, 0.25) is 0 Å². The molecule has 0 amide bonds. The highest BCUT2D eigenvalue weighted by atomic mass is 16.5. The maximum absolute atomic E-state index is 5.17. The van der Waals surface area contributed by atoms with Gasteiger partial charge < -0.3 is 18.9 Å². The second-order valence-corrected chi connectivity index (χ2v) is 3.81. The number of hydrogen-bond donors (Lipinski definition) is 0. The second kappa shape index (κ2) is 31.3. The van der Waals surface area contributed by atoms with Crippen molar-refractivity contribution >= 4 is 0 Å². The Hall–Kier alpha value is -0.160. The Labute approximate surface area is 127 Å². The average molecular weight is 294 g/mol. The fraction of sp³-hybridized carbons (Fsp3) is 1.00. The van der Waals surface area contributed by atoms with Gasteiger partial charge in [-0.05, 0) is 53.9 Å². The van der Waals surface area contributed by atoms with Crippen molar-refractivity contribution in [2.24, 2.45) is 0 Å². The standard InChI is InChI=1S/C8H18O2.2C4H10O/c1-3-10-8-6-4-5-7-9-2;2*1-3-5-4-2/h3-8H2,1-2H3;2*3-4H2,1-2H3. The minimum atomic E-state index is 0.838. The normalized spacial score (nSPS) is 9.30. The molecule has 0 aromatic heterocycles. The van der Waals surface area contributed by atoms with E-state index >= 15 is 0 Å². The van der Waals surface area contributed by atoms with Crippen LogP contribution in [-0.2, 0) is 18.9 Å². The fourth-order valence-corrected chi connectivity index (χ4v) is 1.18. The summed E-state index contributed by atoms with van der Waals surface area (Å²) in [5.41, 5.74) is 0. The van der Waals surface area contributed by atoms with Gasteiger partial charge in [-0.25, -0.2) is 0 Å². The molecule has 0 aliphatic heterocycles. The molecule has 0 aromatic carbocycles. The summed E-state index contributed by atoms with van der Waals surface area (Å²) < 4.78 is 19.7. The van der Waals surface area contributed by atoms with Gasteiger partial charge in [-0.2, -0.15) is 0 Å². The molecular weight excluding hydrogens is 256 g/mol. The van der Waals surface area contributed by atoms with Crippen LogP contribution >= 0.6 is 0 Å². The summed E-state index contributed by atoms with van der Waals surface area (Å²) in [7, 11) is 1.74. The topological polar surface area (TPSA) is 36.9 Å². The summed E-state index contributed by atoms with van der Waals surface area (Å²) in [4.78, 5) is 0. The van der Waals surface area contributed by atoms with E-state index in [1.54, 1.807) is 7.11 Å². The van der Waals surface area contributed by atoms with E-state index in [0.29, 0.717) is 0 Å². The predicted molar refractivity (Wildman–Crippen MR) is 86.6 cm³/mol. The average Bonchev–Trinajstić information content (AvgIpc) is 2.46. The molecule has 0 radical (unpaired) electrons. The maximum atomic E-state index is 5.17. The zero-order chi connectivity index (χ0) is 15.9. The van der Waals surface area contributed by atoms with E-state index in [-0.39, 0.29) is 0 Å². The number of methoxy groups -OCH3 is 1. The van der Waals surface area contributed by atoms with Gasteiger partial charge in [0.25, 0.3) is 0 Å². The smallest absolute Gasteiger partial charge is 0.0465 e. The number of rotatable bonds is 11. The zero-order valence-electron chi connectivity index (χ0n) is 14.7. The van der Waals surface area contributed by atoms with Gasteiger partial charge in [0.1, 0.15) is 0 Å². The Morgan fingerprint density at radius 2 is 0.900 bits per heavy atom. The summed E-state index contributed by atoms with van der Waals surface area (Å²) in [5.74, 6) is 0. The maximum Gasteiger partial charge on any atom is 0.0465 e. The molecule has 0 rings (SSSR count). The van der Waals surface area contributed by atoms with Crippen LogP contribution in [0.4, 0.5) is 0 Å². The quantitative estimate of drug-likeness (QED) is 0.541. The molecule has 20 heavy (non-hydrogen) atoms. The third-order valence-electron chi connectivity index (χ3n) is 2.16. The van der Waals surface area contributed by atoms with E-state index in [1.165, 1.54) is 6.42 Å². The zero-order valence-corrected chi connectivity index (χ0v) is 14.7. The first-order valence-corrected chi connectivity index (χ1v) is 7.96. The number of hydrogen-bond acceptors (Lipinski definition) is 4. The Morgan fingerprint density at radius 1 is 0.500 bits per heavy atom. The highest BCUT2D eigenvalue weighted by molar-refractivity contribution is 4.39. The van der Waals surface area contributed by atoms with Gasteiger partial charge in [-0.3, -0.25) is 0 Å². The molecule has 0 fully saturated rings. The summed E-state index contributed by atoms with van der Waals surface area (Å²) in [5, 5.41) is 0. The lowest BCUT2D eigenvalue weighted by molar-refractivity contribution is 0.138. The van der Waals surface area contributed by atoms with Crippen molar-refractivity contribution < 1.29 is 18.9 Å². The highest BCUT2D eigenvalue weighted by Crippen LogP contribution is 1.95. The summed E-state index contributed by atoms with van der Waals surface area (Å²) >= 11 is 0. The van der Waals surface area contributed by atoms with Crippen LogP contribution in [0.3, 0.4) is 0 Å². The predicted octanol–water partition coefficient (Wildman–Crippen LogP) is 3.93. The van der Waals surface area contributed by atoms with Crippen LogP contribution in [0.5, 0.6) is 0 Å². The van der Waals surface area contributed by atoms with Crippen molar-refractivity contribution in [2.75, 3.05) is 53.4 Å². The molecule has 0 heterocycles. The number of ether oxygens (including phenoxy) is 4. The second-order valence-electron chi connectivity index (χ2n) is 3.81. The minimum absolute atomic E-state index is 0.838. The van der Waals surface area contributed by atoms with E-state index in [0.717, 1.165) is 59.1 Å². The molecule has 0 aromatic rings. The van der Waals surface area contributed by atoms with Crippen LogP contribution in [0.15, 0.2) is 0 Å². The molecule has 0 saturated heterocycles. The third kappa shape index (κ3) is 43.1. The van der Waals surface area contributed by atoms with Crippen molar-refractivity contribution in [1.82, 2.24) is 0 Å². The Morgan fingerprint density at radius 3 is 1.20 bits per heavy atom. The van der Waals surface area contributed by atoms with E-state index in [9.17, 15) is 0 Å². The molecule has 0 aliphatic carbocycles. The summed E-state index contributed by atoms with van der Waals surface area (Å²) in [6.07, 6.45) is 3.54. The van der Waals surface area contributed by atoms with Crippen molar-refractivity contribution in [1.29, 1.82) is 0 Å². The van der Waals surface area contributed by atoms with Gasteiger partial charge in [0.15, 0.2) is 0 Å². The molecule has 0 spiro atoms. The first-order valence-electron chi connectivity index (χ1n) is 7.96. The Bertz CT molecular complexity index is 103. The first kappa shape index (κ1) is 24.8. The lowest BCUT2D eigenvalue weighted by atomic mass is 10.2. The molecule has 0 atom stereocenters. The van der Waals surface area contributed by atoms with E-state index < -0.39 is 0 Å². The van der Waals surface area contributed by atoms with Gasteiger partial charge in [0.05, 0.1) is 0 Å². The van der Waals surface area contributed by atoms with Crippen LogP contribution in [0.1, 0.15) is 53.9 Å². The Kier molecular flexibility index (Phi) is 38.9. The molecule has 4 heteroatoms. The molecule has 0 N–H and O–H groups in total. The Balaban J connectivity index is -0.000000244. The first-order chi connectivity index (χ1) is 9.74. The largest absolute Gasteiger partial charge is 0.385 e. The summed E-state index contributed by atoms with van der Waals surface area (Å²) in [6.45, 7) is 16.0. The molecule has 0 aliphatic rings. The third-order valence-corrected chi connectivity index (χ3v) is 2.16. The van der Waals surface area contributed by atoms with Crippen LogP contribution in [-0.4, -0.2) is 53.4 Å². The monoisotopic (exact) mass is 294 g/mol. The van der Waals surface area contributed by atoms with Crippen molar-refractivity contribution in [3.63, 3.8) is 0 Å². The molecule has 4 nitrogen and oxygen atoms in total. The molecule has 0 bridgehead atoms. The lowest BCUT2D eigenvalue weighted by Gasteiger charge is -2.00. The molecule has 0 unspecified atom stereocenters. The van der Waals surface area contributed by atoms with Crippen molar-refractivity contribution in [3.05, 3.63) is 0 Å². The van der Waals surface area contributed by atoms with Crippen LogP contribution in [0, 0.1) is 0 Å². The van der Waals surface area contributed by atoms with Gasteiger partial charge in [-0.1, -0.05) is 0 Å². The molecule has 0 saturated carbocycles. The van der Waals surface area contributed by atoms with Gasteiger partial charge >= 0.3 is 0 Å².